The molecule has 1 rings (SSSR count). The Balaban J connectivity index is 2.61. The van der Waals surface area contributed by atoms with E-state index in [1.165, 1.54) is 6.07 Å². The van der Waals surface area contributed by atoms with Gasteiger partial charge in [-0.05, 0) is 42.5 Å². The third kappa shape index (κ3) is 3.59. The summed E-state index contributed by atoms with van der Waals surface area (Å²) >= 11 is 0. The number of hydrogen-bond acceptors (Lipinski definition) is 1. The van der Waals surface area contributed by atoms with Crippen LogP contribution in [-0.2, 0) is 6.42 Å². The average molecular weight is 213 g/mol. The number of nitrogens with two attached hydrogens (primary N) is 1. The predicted molar refractivity (Wildman–Crippen MR) is 57.5 cm³/mol. The molecule has 0 aliphatic carbocycles. The molecule has 15 heavy (non-hydrogen) atoms. The Morgan fingerprint density at radius 1 is 1.27 bits per heavy atom. The fourth-order valence-electron chi connectivity index (χ4n) is 1.39. The van der Waals surface area contributed by atoms with Gasteiger partial charge in [0.15, 0.2) is 0 Å². The maximum atomic E-state index is 13.2. The lowest BCUT2D eigenvalue weighted by Gasteiger charge is -2.15. The van der Waals surface area contributed by atoms with Crippen molar-refractivity contribution in [3.63, 3.8) is 0 Å². The van der Waals surface area contributed by atoms with E-state index >= 15 is 0 Å². The van der Waals surface area contributed by atoms with Crippen molar-refractivity contribution in [2.75, 3.05) is 0 Å². The standard InChI is InChI=1S/C12H17F2N/c1-8(2)12(15)6-3-9-7-10(13)4-5-11(9)14/h4-5,7-8,12H,3,6,15H2,1-2H3. The van der Waals surface area contributed by atoms with Gasteiger partial charge in [-0.25, -0.2) is 8.78 Å². The second kappa shape index (κ2) is 5.21. The van der Waals surface area contributed by atoms with E-state index in [1.807, 2.05) is 13.8 Å². The smallest absolute Gasteiger partial charge is 0.126 e. The number of rotatable bonds is 4. The van der Waals surface area contributed by atoms with Crippen LogP contribution in [0.3, 0.4) is 0 Å². The van der Waals surface area contributed by atoms with Crippen molar-refractivity contribution >= 4 is 0 Å². The van der Waals surface area contributed by atoms with E-state index in [2.05, 4.69) is 0 Å². The van der Waals surface area contributed by atoms with Crippen LogP contribution in [0.15, 0.2) is 18.2 Å². The lowest BCUT2D eigenvalue weighted by Crippen LogP contribution is -2.26. The van der Waals surface area contributed by atoms with Crippen LogP contribution in [0.4, 0.5) is 8.78 Å². The lowest BCUT2D eigenvalue weighted by atomic mass is 9.97. The first-order chi connectivity index (χ1) is 7.00. The molecular weight excluding hydrogens is 196 g/mol. The maximum Gasteiger partial charge on any atom is 0.126 e. The van der Waals surface area contributed by atoms with Crippen LogP contribution in [0, 0.1) is 17.6 Å². The Hall–Kier alpha value is -0.960. The van der Waals surface area contributed by atoms with Crippen molar-refractivity contribution in [3.8, 4) is 0 Å². The molecule has 1 aromatic rings. The highest BCUT2D eigenvalue weighted by molar-refractivity contribution is 5.18. The van der Waals surface area contributed by atoms with E-state index in [-0.39, 0.29) is 11.9 Å². The van der Waals surface area contributed by atoms with Crippen LogP contribution >= 0.6 is 0 Å². The Bertz CT molecular complexity index is 323. The molecule has 0 spiro atoms. The number of benzene rings is 1. The molecule has 1 atom stereocenters. The second-order valence-electron chi connectivity index (χ2n) is 4.18. The van der Waals surface area contributed by atoms with Gasteiger partial charge in [-0.15, -0.1) is 0 Å². The van der Waals surface area contributed by atoms with Crippen molar-refractivity contribution in [3.05, 3.63) is 35.4 Å². The third-order valence-electron chi connectivity index (χ3n) is 2.61. The molecule has 1 aromatic carbocycles. The summed E-state index contributed by atoms with van der Waals surface area (Å²) in [5, 5.41) is 0. The van der Waals surface area contributed by atoms with Gasteiger partial charge in [-0.3, -0.25) is 0 Å². The molecule has 0 aromatic heterocycles. The summed E-state index contributed by atoms with van der Waals surface area (Å²) in [7, 11) is 0. The van der Waals surface area contributed by atoms with E-state index in [4.69, 9.17) is 5.73 Å². The van der Waals surface area contributed by atoms with E-state index in [0.29, 0.717) is 24.3 Å². The second-order valence-corrected chi connectivity index (χ2v) is 4.18. The minimum atomic E-state index is -0.399. The summed E-state index contributed by atoms with van der Waals surface area (Å²) < 4.78 is 26.0. The van der Waals surface area contributed by atoms with Gasteiger partial charge in [0.1, 0.15) is 11.6 Å². The molecule has 1 unspecified atom stereocenters. The molecule has 0 saturated heterocycles. The van der Waals surface area contributed by atoms with Gasteiger partial charge >= 0.3 is 0 Å². The summed E-state index contributed by atoms with van der Waals surface area (Å²) in [4.78, 5) is 0. The first kappa shape index (κ1) is 12.1. The van der Waals surface area contributed by atoms with E-state index in [9.17, 15) is 8.78 Å². The number of hydrogen-bond donors (Lipinski definition) is 1. The van der Waals surface area contributed by atoms with Crippen molar-refractivity contribution < 1.29 is 8.78 Å². The van der Waals surface area contributed by atoms with Gasteiger partial charge in [-0.2, -0.15) is 0 Å². The average Bonchev–Trinajstić information content (AvgIpc) is 2.18. The normalized spacial score (nSPS) is 13.2. The van der Waals surface area contributed by atoms with Crippen LogP contribution in [0.1, 0.15) is 25.8 Å². The van der Waals surface area contributed by atoms with Crippen molar-refractivity contribution in [1.82, 2.24) is 0 Å². The molecule has 0 saturated carbocycles. The topological polar surface area (TPSA) is 26.0 Å². The Morgan fingerprint density at radius 2 is 1.93 bits per heavy atom. The summed E-state index contributed by atoms with van der Waals surface area (Å²) in [5.41, 5.74) is 6.24. The maximum absolute atomic E-state index is 13.2. The highest BCUT2D eigenvalue weighted by atomic mass is 19.1. The quantitative estimate of drug-likeness (QED) is 0.817. The molecule has 0 radical (unpaired) electrons. The van der Waals surface area contributed by atoms with Crippen LogP contribution in [0.5, 0.6) is 0 Å². The first-order valence-corrected chi connectivity index (χ1v) is 5.20. The van der Waals surface area contributed by atoms with Gasteiger partial charge in [0, 0.05) is 6.04 Å². The largest absolute Gasteiger partial charge is 0.327 e. The van der Waals surface area contributed by atoms with Gasteiger partial charge in [-0.1, -0.05) is 13.8 Å². The van der Waals surface area contributed by atoms with Crippen LogP contribution in [-0.4, -0.2) is 6.04 Å². The molecule has 0 fully saturated rings. The minimum absolute atomic E-state index is 0.0349. The lowest BCUT2D eigenvalue weighted by molar-refractivity contribution is 0.459. The minimum Gasteiger partial charge on any atom is -0.327 e. The summed E-state index contributed by atoms with van der Waals surface area (Å²) in [6, 6.07) is 3.56. The zero-order valence-electron chi connectivity index (χ0n) is 9.13. The predicted octanol–water partition coefficient (Wildman–Crippen LogP) is 2.88. The molecule has 0 amide bonds. The monoisotopic (exact) mass is 213 g/mol. The third-order valence-corrected chi connectivity index (χ3v) is 2.61. The first-order valence-electron chi connectivity index (χ1n) is 5.20. The summed E-state index contributed by atoms with van der Waals surface area (Å²) in [6.07, 6.45) is 1.17. The van der Waals surface area contributed by atoms with Crippen molar-refractivity contribution in [2.24, 2.45) is 11.7 Å². The number of halogens is 2. The zero-order chi connectivity index (χ0) is 11.4. The van der Waals surface area contributed by atoms with Crippen LogP contribution in [0.25, 0.3) is 0 Å². The Kier molecular flexibility index (Phi) is 4.21. The molecule has 0 aliphatic rings. The van der Waals surface area contributed by atoms with Crippen molar-refractivity contribution in [2.45, 2.75) is 32.7 Å². The van der Waals surface area contributed by atoms with Crippen molar-refractivity contribution in [1.29, 1.82) is 0 Å². The van der Waals surface area contributed by atoms with Crippen LogP contribution in [0.2, 0.25) is 0 Å². The van der Waals surface area contributed by atoms with Crippen LogP contribution < -0.4 is 5.73 Å². The summed E-state index contributed by atoms with van der Waals surface area (Å²) in [5.74, 6) is -0.390. The van der Waals surface area contributed by atoms with Gasteiger partial charge < -0.3 is 5.73 Å². The van der Waals surface area contributed by atoms with E-state index in [1.54, 1.807) is 0 Å². The molecular formula is C12H17F2N. The molecule has 0 heterocycles. The van der Waals surface area contributed by atoms with E-state index in [0.717, 1.165) is 12.1 Å². The fourth-order valence-corrected chi connectivity index (χ4v) is 1.39. The SMILES string of the molecule is CC(C)C(N)CCc1cc(F)ccc1F. The van der Waals surface area contributed by atoms with E-state index < -0.39 is 5.82 Å². The zero-order valence-corrected chi connectivity index (χ0v) is 9.13. The Labute approximate surface area is 89.3 Å². The van der Waals surface area contributed by atoms with Gasteiger partial charge in [0.25, 0.3) is 0 Å². The van der Waals surface area contributed by atoms with Gasteiger partial charge in [0.05, 0.1) is 0 Å². The van der Waals surface area contributed by atoms with Gasteiger partial charge in [0.2, 0.25) is 0 Å². The summed E-state index contributed by atoms with van der Waals surface area (Å²) in [6.45, 7) is 4.04. The molecule has 2 N–H and O–H groups in total. The molecule has 1 nitrogen and oxygen atoms in total. The Morgan fingerprint density at radius 3 is 2.53 bits per heavy atom. The number of aryl methyl sites for hydroxylation is 1. The fraction of sp³-hybridized carbons (Fsp3) is 0.500. The molecule has 0 aliphatic heterocycles. The highest BCUT2D eigenvalue weighted by Gasteiger charge is 2.10. The molecule has 3 heteroatoms. The highest BCUT2D eigenvalue weighted by Crippen LogP contribution is 2.14. The molecule has 0 bridgehead atoms. The molecule has 84 valence electrons.